The molecule has 1 aliphatic rings. The van der Waals surface area contributed by atoms with Crippen LogP contribution in [0, 0.1) is 6.92 Å². The van der Waals surface area contributed by atoms with Crippen LogP contribution in [0.2, 0.25) is 0 Å². The lowest BCUT2D eigenvalue weighted by Gasteiger charge is -2.30. The predicted octanol–water partition coefficient (Wildman–Crippen LogP) is 5.07. The summed E-state index contributed by atoms with van der Waals surface area (Å²) in [6.07, 6.45) is 4.28. The molecule has 5 rings (SSSR count). The Balaban J connectivity index is 1.45. The average molecular weight is 491 g/mol. The van der Waals surface area contributed by atoms with Gasteiger partial charge < -0.3 is 10.1 Å². The Labute approximate surface area is 206 Å². The quantitative estimate of drug-likeness (QED) is 0.406. The first-order chi connectivity index (χ1) is 16.8. The highest BCUT2D eigenvalue weighted by Gasteiger charge is 2.27. The molecule has 0 spiro atoms. The van der Waals surface area contributed by atoms with Gasteiger partial charge in [-0.1, -0.05) is 36.4 Å². The van der Waals surface area contributed by atoms with E-state index >= 15 is 0 Å². The normalized spacial score (nSPS) is 16.4. The Bertz CT molecular complexity index is 1480. The number of sulfonamides is 1. The summed E-state index contributed by atoms with van der Waals surface area (Å²) in [6.45, 7) is 5.08. The van der Waals surface area contributed by atoms with Gasteiger partial charge in [-0.3, -0.25) is 4.98 Å². The van der Waals surface area contributed by atoms with E-state index in [1.54, 1.807) is 0 Å². The van der Waals surface area contributed by atoms with Crippen LogP contribution in [0.4, 0.5) is 5.69 Å². The number of para-hydroxylation sites is 1. The molecule has 35 heavy (non-hydrogen) atoms. The molecule has 0 amide bonds. The minimum Gasteiger partial charge on any atom is -0.474 e. The van der Waals surface area contributed by atoms with E-state index < -0.39 is 10.0 Å². The maximum absolute atomic E-state index is 11.9. The Hall–Kier alpha value is -3.23. The molecule has 4 aromatic rings. The number of hydrogen-bond acceptors (Lipinski definition) is 6. The molecule has 1 aliphatic heterocycles. The second-order valence-electron chi connectivity index (χ2n) is 9.25. The molecule has 2 aromatic heterocycles. The topological polar surface area (TPSA) is 84.4 Å². The largest absolute Gasteiger partial charge is 0.474 e. The molecule has 182 valence electrons. The first-order valence-electron chi connectivity index (χ1n) is 11.9. The molecule has 1 atom stereocenters. The third-order valence-electron chi connectivity index (χ3n) is 6.67. The highest BCUT2D eigenvalue weighted by molar-refractivity contribution is 7.88. The minimum atomic E-state index is -3.18. The average Bonchev–Trinajstić information content (AvgIpc) is 2.84. The summed E-state index contributed by atoms with van der Waals surface area (Å²) in [4.78, 5) is 9.42. The number of fused-ring (bicyclic) bond motifs is 2. The fourth-order valence-electron chi connectivity index (χ4n) is 4.74. The van der Waals surface area contributed by atoms with Crippen molar-refractivity contribution in [1.29, 1.82) is 0 Å². The summed E-state index contributed by atoms with van der Waals surface area (Å²) in [5.74, 6) is 0.613. The van der Waals surface area contributed by atoms with Crippen molar-refractivity contribution in [2.75, 3.05) is 24.7 Å². The number of aromatic nitrogens is 2. The maximum Gasteiger partial charge on any atom is 0.222 e. The van der Waals surface area contributed by atoms with E-state index in [1.165, 1.54) is 10.6 Å². The van der Waals surface area contributed by atoms with Crippen LogP contribution in [0.1, 0.15) is 37.1 Å². The number of pyridine rings is 2. The van der Waals surface area contributed by atoms with E-state index in [4.69, 9.17) is 9.72 Å². The third-order valence-corrected chi connectivity index (χ3v) is 7.97. The van der Waals surface area contributed by atoms with Gasteiger partial charge in [0.1, 0.15) is 6.10 Å². The number of rotatable bonds is 6. The van der Waals surface area contributed by atoms with E-state index in [2.05, 4.69) is 48.4 Å². The van der Waals surface area contributed by atoms with Crippen molar-refractivity contribution in [3.63, 3.8) is 0 Å². The summed E-state index contributed by atoms with van der Waals surface area (Å²) < 4.78 is 31.7. The molecular formula is C27H30N4O3S. The number of nitrogens with one attached hydrogen (secondary N) is 1. The molecule has 0 saturated carbocycles. The second kappa shape index (κ2) is 9.43. The smallest absolute Gasteiger partial charge is 0.222 e. The van der Waals surface area contributed by atoms with Crippen LogP contribution < -0.4 is 10.1 Å². The number of aryl methyl sites for hydroxylation is 1. The highest BCUT2D eigenvalue weighted by Crippen LogP contribution is 2.33. The summed E-state index contributed by atoms with van der Waals surface area (Å²) >= 11 is 0. The molecular weight excluding hydrogens is 460 g/mol. The van der Waals surface area contributed by atoms with Gasteiger partial charge >= 0.3 is 0 Å². The molecule has 1 N–H and O–H groups in total. The maximum atomic E-state index is 11.9. The summed E-state index contributed by atoms with van der Waals surface area (Å²) in [7, 11) is -3.18. The van der Waals surface area contributed by atoms with Crippen molar-refractivity contribution < 1.29 is 13.2 Å². The predicted molar refractivity (Wildman–Crippen MR) is 140 cm³/mol. The van der Waals surface area contributed by atoms with E-state index in [1.807, 2.05) is 36.5 Å². The molecule has 0 aliphatic carbocycles. The standard InChI is InChI=1S/C27H30N4O3S/c1-18-7-6-8-20-17-25(19(2)29-24-11-14-28-23-10-5-4-9-22(23)24)30-27(26(18)20)34-21-12-15-31(16-13-21)35(3,32)33/h4-11,14,17,19,21H,12-13,15-16H2,1-3H3,(H,28,29)/t19-/m0/s1. The van der Waals surface area contributed by atoms with Crippen LogP contribution in [0.25, 0.3) is 21.7 Å². The molecule has 0 unspecified atom stereocenters. The zero-order valence-corrected chi connectivity index (χ0v) is 21.0. The van der Waals surface area contributed by atoms with Gasteiger partial charge in [-0.25, -0.2) is 17.7 Å². The molecule has 0 bridgehead atoms. The van der Waals surface area contributed by atoms with Crippen molar-refractivity contribution in [2.45, 2.75) is 38.8 Å². The number of ether oxygens (including phenoxy) is 1. The lowest BCUT2D eigenvalue weighted by atomic mass is 10.0. The Morgan fingerprint density at radius 3 is 2.63 bits per heavy atom. The van der Waals surface area contributed by atoms with Crippen LogP contribution in [0.5, 0.6) is 5.88 Å². The van der Waals surface area contributed by atoms with Crippen LogP contribution >= 0.6 is 0 Å². The van der Waals surface area contributed by atoms with Crippen molar-refractivity contribution >= 4 is 37.4 Å². The molecule has 1 fully saturated rings. The molecule has 7 nitrogen and oxygen atoms in total. The SMILES string of the molecule is Cc1cccc2cc([C@H](C)Nc3ccnc4ccccc34)nc(OC3CCN(S(C)(=O)=O)CC3)c12. The number of benzene rings is 2. The lowest BCUT2D eigenvalue weighted by Crippen LogP contribution is -2.41. The molecule has 0 radical (unpaired) electrons. The fourth-order valence-corrected chi connectivity index (χ4v) is 5.62. The summed E-state index contributed by atoms with van der Waals surface area (Å²) in [5.41, 5.74) is 3.93. The van der Waals surface area contributed by atoms with Gasteiger partial charge in [0, 0.05) is 35.7 Å². The first-order valence-corrected chi connectivity index (χ1v) is 13.8. The third kappa shape index (κ3) is 4.94. The summed E-state index contributed by atoms with van der Waals surface area (Å²) in [6, 6.07) is 18.3. The van der Waals surface area contributed by atoms with E-state index in [-0.39, 0.29) is 12.1 Å². The van der Waals surface area contributed by atoms with Crippen molar-refractivity contribution in [3.05, 3.63) is 72.1 Å². The lowest BCUT2D eigenvalue weighted by molar-refractivity contribution is 0.131. The van der Waals surface area contributed by atoms with Crippen molar-refractivity contribution in [2.24, 2.45) is 0 Å². The zero-order chi connectivity index (χ0) is 24.6. The Morgan fingerprint density at radius 1 is 1.09 bits per heavy atom. The number of piperidine rings is 1. The molecule has 2 aromatic carbocycles. The van der Waals surface area contributed by atoms with Crippen molar-refractivity contribution in [1.82, 2.24) is 14.3 Å². The van der Waals surface area contributed by atoms with Crippen molar-refractivity contribution in [3.8, 4) is 5.88 Å². The molecule has 1 saturated heterocycles. The number of nitrogens with zero attached hydrogens (tertiary/aromatic N) is 3. The van der Waals surface area contributed by atoms with Gasteiger partial charge in [-0.15, -0.1) is 0 Å². The Morgan fingerprint density at radius 2 is 1.86 bits per heavy atom. The minimum absolute atomic E-state index is 0.0693. The van der Waals surface area contributed by atoms with Crippen LogP contribution in [-0.2, 0) is 10.0 Å². The highest BCUT2D eigenvalue weighted by atomic mass is 32.2. The number of anilines is 1. The zero-order valence-electron chi connectivity index (χ0n) is 20.2. The van der Waals surface area contributed by atoms with Crippen LogP contribution in [0.3, 0.4) is 0 Å². The second-order valence-corrected chi connectivity index (χ2v) is 11.2. The van der Waals surface area contributed by atoms with E-state index in [0.717, 1.165) is 38.6 Å². The van der Waals surface area contributed by atoms with Crippen LogP contribution in [0.15, 0.2) is 60.8 Å². The molecule has 8 heteroatoms. The van der Waals surface area contributed by atoms with E-state index in [0.29, 0.717) is 31.8 Å². The molecule has 3 heterocycles. The monoisotopic (exact) mass is 490 g/mol. The fraction of sp³-hybridized carbons (Fsp3) is 0.333. The first kappa shape index (κ1) is 23.5. The van der Waals surface area contributed by atoms with Crippen LogP contribution in [-0.4, -0.2) is 48.1 Å². The van der Waals surface area contributed by atoms with E-state index in [9.17, 15) is 8.42 Å². The van der Waals surface area contributed by atoms with Gasteiger partial charge in [-0.05, 0) is 55.8 Å². The van der Waals surface area contributed by atoms with Gasteiger partial charge in [0.25, 0.3) is 0 Å². The number of hydrogen-bond donors (Lipinski definition) is 1. The van der Waals surface area contributed by atoms with Gasteiger partial charge in [0.2, 0.25) is 15.9 Å². The Kier molecular flexibility index (Phi) is 6.34. The van der Waals surface area contributed by atoms with Gasteiger partial charge in [0.05, 0.1) is 23.5 Å². The van der Waals surface area contributed by atoms with Gasteiger partial charge in [0.15, 0.2) is 0 Å². The van der Waals surface area contributed by atoms with Gasteiger partial charge in [-0.2, -0.15) is 0 Å². The summed E-state index contributed by atoms with van der Waals surface area (Å²) in [5, 5.41) is 6.74.